The molecule has 0 unspecified atom stereocenters. The highest BCUT2D eigenvalue weighted by Gasteiger charge is 2.39. The zero-order valence-electron chi connectivity index (χ0n) is 17.1. The predicted molar refractivity (Wildman–Crippen MR) is 113 cm³/mol. The highest BCUT2D eigenvalue weighted by molar-refractivity contribution is 6.06. The first-order chi connectivity index (χ1) is 14.3. The lowest BCUT2D eigenvalue weighted by molar-refractivity contribution is -0.131. The van der Waals surface area contributed by atoms with Gasteiger partial charge in [0.15, 0.2) is 5.69 Å². The van der Waals surface area contributed by atoms with Crippen molar-refractivity contribution in [2.75, 3.05) is 20.7 Å². The van der Waals surface area contributed by atoms with Gasteiger partial charge in [-0.3, -0.25) is 9.59 Å². The number of carbonyl (C=O) groups is 2. The van der Waals surface area contributed by atoms with Crippen LogP contribution in [-0.2, 0) is 4.79 Å². The second-order valence-corrected chi connectivity index (χ2v) is 7.59. The van der Waals surface area contributed by atoms with Crippen LogP contribution in [0.15, 0.2) is 42.5 Å². The molecule has 1 atom stereocenters. The summed E-state index contributed by atoms with van der Waals surface area (Å²) < 4.78 is 7.11. The molecule has 3 aromatic rings. The van der Waals surface area contributed by atoms with Gasteiger partial charge in [0.1, 0.15) is 16.7 Å². The van der Waals surface area contributed by atoms with Gasteiger partial charge in [0.2, 0.25) is 5.91 Å². The van der Waals surface area contributed by atoms with Gasteiger partial charge in [-0.2, -0.15) is 5.10 Å². The van der Waals surface area contributed by atoms with Gasteiger partial charge in [0.05, 0.1) is 12.8 Å². The summed E-state index contributed by atoms with van der Waals surface area (Å²) in [6.07, 6.45) is 0.706. The van der Waals surface area contributed by atoms with Crippen molar-refractivity contribution in [2.24, 2.45) is 11.1 Å². The number of amides is 2. The van der Waals surface area contributed by atoms with Crippen molar-refractivity contribution in [2.45, 2.75) is 13.3 Å². The number of primary amides is 1. The number of fused-ring (bicyclic) bond motifs is 1. The molecule has 4 rings (SSSR count). The summed E-state index contributed by atoms with van der Waals surface area (Å²) in [4.78, 5) is 26.0. The molecular formula is C23H22N4O3. The van der Waals surface area contributed by atoms with E-state index in [2.05, 4.69) is 16.9 Å². The fourth-order valence-corrected chi connectivity index (χ4v) is 3.73. The largest absolute Gasteiger partial charge is 0.494 e. The molecule has 152 valence electrons. The molecule has 2 heterocycles. The SMILES string of the molecule is COc1cccc2c(C(N)=O)nn(-c3cccc(C#C[C@]4(C)CCN(C)C4=O)c3)c12. The van der Waals surface area contributed by atoms with Gasteiger partial charge >= 0.3 is 0 Å². The van der Waals surface area contributed by atoms with Crippen molar-refractivity contribution in [3.63, 3.8) is 0 Å². The van der Waals surface area contributed by atoms with Gasteiger partial charge in [-0.1, -0.05) is 30.0 Å². The molecule has 2 N–H and O–H groups in total. The number of aromatic nitrogens is 2. The van der Waals surface area contributed by atoms with E-state index in [1.54, 1.807) is 41.9 Å². The van der Waals surface area contributed by atoms with E-state index in [1.165, 1.54) is 0 Å². The molecule has 1 aliphatic rings. The Hall–Kier alpha value is -3.79. The molecule has 30 heavy (non-hydrogen) atoms. The number of carbonyl (C=O) groups excluding carboxylic acids is 2. The van der Waals surface area contributed by atoms with Crippen LogP contribution in [-0.4, -0.2) is 47.2 Å². The van der Waals surface area contributed by atoms with Crippen LogP contribution in [0.5, 0.6) is 5.75 Å². The van der Waals surface area contributed by atoms with Crippen LogP contribution in [0.3, 0.4) is 0 Å². The van der Waals surface area contributed by atoms with Gasteiger partial charge < -0.3 is 15.4 Å². The van der Waals surface area contributed by atoms with Crippen molar-refractivity contribution in [1.82, 2.24) is 14.7 Å². The summed E-state index contributed by atoms with van der Waals surface area (Å²) in [5.41, 5.74) is 7.14. The molecule has 0 bridgehead atoms. The minimum atomic E-state index is -0.675. The van der Waals surface area contributed by atoms with E-state index in [1.807, 2.05) is 31.2 Å². The standard InChI is InChI=1S/C23H22N4O3/c1-23(12-13-26(2)22(23)29)11-10-15-6-4-7-16(14-15)27-20-17(19(25-27)21(24)28)8-5-9-18(20)30-3/h4-9,14H,12-13H2,1-3H3,(H2,24,28)/t23-/m1/s1. The summed E-state index contributed by atoms with van der Waals surface area (Å²) >= 11 is 0. The summed E-state index contributed by atoms with van der Waals surface area (Å²) in [5.74, 6) is 6.29. The van der Waals surface area contributed by atoms with E-state index in [4.69, 9.17) is 10.5 Å². The lowest BCUT2D eigenvalue weighted by Gasteiger charge is -2.14. The van der Waals surface area contributed by atoms with Crippen LogP contribution in [0.4, 0.5) is 0 Å². The summed E-state index contributed by atoms with van der Waals surface area (Å²) in [6.45, 7) is 2.58. The topological polar surface area (TPSA) is 90.5 Å². The lowest BCUT2D eigenvalue weighted by atomic mass is 9.89. The number of hydrogen-bond donors (Lipinski definition) is 1. The van der Waals surface area contributed by atoms with E-state index in [-0.39, 0.29) is 11.6 Å². The molecular weight excluding hydrogens is 380 g/mol. The van der Waals surface area contributed by atoms with E-state index >= 15 is 0 Å². The number of likely N-dealkylation sites (tertiary alicyclic amines) is 1. The average Bonchev–Trinajstić information content (AvgIpc) is 3.27. The van der Waals surface area contributed by atoms with Gasteiger partial charge in [0, 0.05) is 24.5 Å². The summed E-state index contributed by atoms with van der Waals surface area (Å²) in [7, 11) is 3.36. The molecule has 1 aliphatic heterocycles. The first-order valence-electron chi connectivity index (χ1n) is 9.59. The quantitative estimate of drug-likeness (QED) is 0.681. The number of para-hydroxylation sites is 1. The van der Waals surface area contributed by atoms with Crippen molar-refractivity contribution in [1.29, 1.82) is 0 Å². The maximum Gasteiger partial charge on any atom is 0.269 e. The van der Waals surface area contributed by atoms with Crippen molar-refractivity contribution in [3.8, 4) is 23.3 Å². The van der Waals surface area contributed by atoms with Gasteiger partial charge in [-0.15, -0.1) is 0 Å². The third-order valence-electron chi connectivity index (χ3n) is 5.46. The third kappa shape index (κ3) is 3.16. The summed E-state index contributed by atoms with van der Waals surface area (Å²) in [5, 5.41) is 5.05. The number of benzene rings is 2. The smallest absolute Gasteiger partial charge is 0.269 e. The molecule has 1 saturated heterocycles. The first kappa shape index (κ1) is 19.5. The predicted octanol–water partition coefficient (Wildman–Crippen LogP) is 2.35. The second-order valence-electron chi connectivity index (χ2n) is 7.59. The van der Waals surface area contributed by atoms with Crippen LogP contribution in [0.2, 0.25) is 0 Å². The Kier molecular flexibility index (Phi) is 4.70. The van der Waals surface area contributed by atoms with Gasteiger partial charge in [-0.05, 0) is 37.6 Å². The molecule has 0 radical (unpaired) electrons. The number of nitrogens with zero attached hydrogens (tertiary/aromatic N) is 3. The third-order valence-corrected chi connectivity index (χ3v) is 5.46. The minimum absolute atomic E-state index is 0.0417. The Morgan fingerprint density at radius 1 is 1.27 bits per heavy atom. The van der Waals surface area contributed by atoms with Crippen molar-refractivity contribution in [3.05, 3.63) is 53.7 Å². The Bertz CT molecular complexity index is 1230. The Morgan fingerprint density at radius 3 is 2.70 bits per heavy atom. The van der Waals surface area contributed by atoms with Crippen LogP contribution in [0.1, 0.15) is 29.4 Å². The highest BCUT2D eigenvalue weighted by Crippen LogP contribution is 2.31. The van der Waals surface area contributed by atoms with Crippen molar-refractivity contribution < 1.29 is 14.3 Å². The van der Waals surface area contributed by atoms with Gasteiger partial charge in [-0.25, -0.2) is 4.68 Å². The zero-order valence-corrected chi connectivity index (χ0v) is 17.1. The highest BCUT2D eigenvalue weighted by atomic mass is 16.5. The minimum Gasteiger partial charge on any atom is -0.494 e. The molecule has 2 aromatic carbocycles. The molecule has 7 heteroatoms. The number of ether oxygens (including phenoxy) is 1. The van der Waals surface area contributed by atoms with E-state index in [0.717, 1.165) is 5.56 Å². The first-order valence-corrected chi connectivity index (χ1v) is 9.59. The fraction of sp³-hybridized carbons (Fsp3) is 0.261. The van der Waals surface area contributed by atoms with E-state index in [0.29, 0.717) is 35.3 Å². The number of rotatable bonds is 3. The monoisotopic (exact) mass is 402 g/mol. The number of nitrogens with two attached hydrogens (primary N) is 1. The molecule has 2 amide bonds. The Balaban J connectivity index is 1.81. The van der Waals surface area contributed by atoms with Crippen LogP contribution >= 0.6 is 0 Å². The maximum atomic E-state index is 12.4. The molecule has 0 spiro atoms. The lowest BCUT2D eigenvalue weighted by Crippen LogP contribution is -2.28. The summed E-state index contributed by atoms with van der Waals surface area (Å²) in [6, 6.07) is 12.8. The Morgan fingerprint density at radius 2 is 2.03 bits per heavy atom. The normalized spacial score (nSPS) is 18.4. The molecule has 0 saturated carbocycles. The number of methoxy groups -OCH3 is 1. The van der Waals surface area contributed by atoms with Crippen molar-refractivity contribution >= 4 is 22.7 Å². The van der Waals surface area contributed by atoms with Crippen LogP contribution in [0, 0.1) is 17.3 Å². The van der Waals surface area contributed by atoms with Crippen LogP contribution < -0.4 is 10.5 Å². The van der Waals surface area contributed by atoms with E-state index < -0.39 is 11.3 Å². The zero-order chi connectivity index (χ0) is 21.5. The second kappa shape index (κ2) is 7.23. The maximum absolute atomic E-state index is 12.4. The van der Waals surface area contributed by atoms with Crippen LogP contribution in [0.25, 0.3) is 16.6 Å². The molecule has 7 nitrogen and oxygen atoms in total. The van der Waals surface area contributed by atoms with E-state index in [9.17, 15) is 9.59 Å². The molecule has 1 fully saturated rings. The molecule has 1 aromatic heterocycles. The molecule has 0 aliphatic carbocycles. The Labute approximate surface area is 174 Å². The van der Waals surface area contributed by atoms with Gasteiger partial charge in [0.25, 0.3) is 5.91 Å². The number of hydrogen-bond acceptors (Lipinski definition) is 4. The fourth-order valence-electron chi connectivity index (χ4n) is 3.73. The average molecular weight is 402 g/mol.